The number of nitrogens with zero attached hydrogens (tertiary/aromatic N) is 6. The molecule has 194 valence electrons. The van der Waals surface area contributed by atoms with Gasteiger partial charge in [-0.25, -0.2) is 15.0 Å². The van der Waals surface area contributed by atoms with Crippen molar-refractivity contribution in [2.24, 2.45) is 0 Å². The maximum atomic E-state index is 12.7. The molecule has 1 saturated heterocycles. The average Bonchev–Trinajstić information content (AvgIpc) is 2.91. The Bertz CT molecular complexity index is 1180. The van der Waals surface area contributed by atoms with E-state index in [2.05, 4.69) is 32.0 Å². The van der Waals surface area contributed by atoms with E-state index in [0.29, 0.717) is 50.2 Å². The van der Waals surface area contributed by atoms with Crippen LogP contribution in [0.25, 0.3) is 11.3 Å². The number of rotatable bonds is 9. The van der Waals surface area contributed by atoms with Crippen molar-refractivity contribution in [3.63, 3.8) is 0 Å². The molecule has 2 N–H and O–H groups in total. The van der Waals surface area contributed by atoms with Crippen LogP contribution < -0.4 is 15.4 Å². The van der Waals surface area contributed by atoms with Crippen LogP contribution in [-0.2, 0) is 16.0 Å². The SMILES string of the molecule is CN(C(=O)CCCc1ccccc1)C1CC(Oc2cc(-c3cnc(N)nc3)nc(N3CCOCC3)n2)C1. The maximum Gasteiger partial charge on any atom is 0.229 e. The molecule has 2 aliphatic rings. The van der Waals surface area contributed by atoms with Gasteiger partial charge in [-0.3, -0.25) is 4.79 Å². The topological polar surface area (TPSA) is 120 Å². The van der Waals surface area contributed by atoms with Gasteiger partial charge in [0.25, 0.3) is 0 Å². The summed E-state index contributed by atoms with van der Waals surface area (Å²) in [7, 11) is 1.90. The monoisotopic (exact) mass is 503 g/mol. The molecule has 1 saturated carbocycles. The highest BCUT2D eigenvalue weighted by molar-refractivity contribution is 5.76. The van der Waals surface area contributed by atoms with Crippen molar-refractivity contribution in [3.8, 4) is 17.1 Å². The number of benzene rings is 1. The molecule has 3 heterocycles. The van der Waals surface area contributed by atoms with Gasteiger partial charge in [-0.1, -0.05) is 30.3 Å². The Labute approximate surface area is 216 Å². The van der Waals surface area contributed by atoms with Gasteiger partial charge in [-0.05, 0) is 18.4 Å². The number of ether oxygens (including phenoxy) is 2. The van der Waals surface area contributed by atoms with Crippen LogP contribution in [0.2, 0.25) is 0 Å². The number of hydrogen-bond donors (Lipinski definition) is 1. The smallest absolute Gasteiger partial charge is 0.229 e. The molecule has 0 spiro atoms. The Kier molecular flexibility index (Phi) is 7.74. The normalized spacial score (nSPS) is 19.2. The van der Waals surface area contributed by atoms with Crippen LogP contribution in [0.1, 0.15) is 31.2 Å². The number of hydrogen-bond acceptors (Lipinski definition) is 9. The molecule has 0 bridgehead atoms. The van der Waals surface area contributed by atoms with Gasteiger partial charge in [0.2, 0.25) is 23.7 Å². The first-order valence-corrected chi connectivity index (χ1v) is 12.8. The molecule has 1 aliphatic carbocycles. The molecule has 1 aliphatic heterocycles. The highest BCUT2D eigenvalue weighted by atomic mass is 16.5. The fourth-order valence-electron chi connectivity index (χ4n) is 4.59. The van der Waals surface area contributed by atoms with Crippen LogP contribution in [-0.4, -0.2) is 76.2 Å². The predicted molar refractivity (Wildman–Crippen MR) is 140 cm³/mol. The second kappa shape index (κ2) is 11.5. The standard InChI is InChI=1S/C27H33N7O3/c1-33(25(35)9-5-8-19-6-3-2-4-7-19)21-14-22(15-21)37-24-16-23(20-17-29-26(28)30-18-20)31-27(32-24)34-10-12-36-13-11-34/h2-4,6-7,16-18,21-22H,5,8-15H2,1H3,(H2,28,29,30). The lowest BCUT2D eigenvalue weighted by atomic mass is 9.88. The molecule has 0 atom stereocenters. The van der Waals surface area contributed by atoms with E-state index in [4.69, 9.17) is 20.2 Å². The zero-order chi connectivity index (χ0) is 25.6. The number of carbonyl (C=O) groups excluding carboxylic acids is 1. The van der Waals surface area contributed by atoms with Crippen LogP contribution >= 0.6 is 0 Å². The molecule has 1 amide bonds. The lowest BCUT2D eigenvalue weighted by Crippen LogP contribution is -2.49. The first-order valence-electron chi connectivity index (χ1n) is 12.8. The van der Waals surface area contributed by atoms with Crippen LogP contribution in [0.3, 0.4) is 0 Å². The Morgan fingerprint density at radius 1 is 1.14 bits per heavy atom. The van der Waals surface area contributed by atoms with Gasteiger partial charge in [-0.2, -0.15) is 4.98 Å². The number of nitrogens with two attached hydrogens (primary N) is 1. The van der Waals surface area contributed by atoms with Crippen LogP contribution in [0, 0.1) is 0 Å². The molecule has 37 heavy (non-hydrogen) atoms. The number of anilines is 2. The summed E-state index contributed by atoms with van der Waals surface area (Å²) in [6.07, 6.45) is 7.16. The zero-order valence-corrected chi connectivity index (χ0v) is 21.1. The van der Waals surface area contributed by atoms with E-state index in [1.54, 1.807) is 12.4 Å². The molecule has 0 radical (unpaired) electrons. The Morgan fingerprint density at radius 2 is 1.86 bits per heavy atom. The van der Waals surface area contributed by atoms with Gasteiger partial charge in [-0.15, -0.1) is 0 Å². The first-order chi connectivity index (χ1) is 18.0. The third-order valence-electron chi connectivity index (χ3n) is 6.95. The van der Waals surface area contributed by atoms with E-state index in [1.165, 1.54) is 5.56 Å². The van der Waals surface area contributed by atoms with Gasteiger partial charge >= 0.3 is 0 Å². The third kappa shape index (κ3) is 6.32. The van der Waals surface area contributed by atoms with Crippen LogP contribution in [0.5, 0.6) is 5.88 Å². The summed E-state index contributed by atoms with van der Waals surface area (Å²) >= 11 is 0. The van der Waals surface area contributed by atoms with Crippen molar-refractivity contribution in [2.75, 3.05) is 44.0 Å². The molecule has 10 nitrogen and oxygen atoms in total. The van der Waals surface area contributed by atoms with E-state index < -0.39 is 0 Å². The molecule has 10 heteroatoms. The van der Waals surface area contributed by atoms with Gasteiger partial charge < -0.3 is 25.0 Å². The van der Waals surface area contributed by atoms with Crippen molar-refractivity contribution in [1.29, 1.82) is 0 Å². The van der Waals surface area contributed by atoms with E-state index in [-0.39, 0.29) is 24.0 Å². The van der Waals surface area contributed by atoms with E-state index in [1.807, 2.05) is 36.2 Å². The Morgan fingerprint density at radius 3 is 2.59 bits per heavy atom. The number of amides is 1. The van der Waals surface area contributed by atoms with Crippen LogP contribution in [0.4, 0.5) is 11.9 Å². The quantitative estimate of drug-likeness (QED) is 0.470. The predicted octanol–water partition coefficient (Wildman–Crippen LogP) is 2.74. The zero-order valence-electron chi connectivity index (χ0n) is 21.1. The van der Waals surface area contributed by atoms with E-state index >= 15 is 0 Å². The molecule has 2 aromatic heterocycles. The number of nitrogen functional groups attached to an aromatic ring is 1. The van der Waals surface area contributed by atoms with Crippen molar-refractivity contribution in [3.05, 3.63) is 54.4 Å². The number of aromatic nitrogens is 4. The molecular formula is C27H33N7O3. The minimum Gasteiger partial charge on any atom is -0.474 e. The van der Waals surface area contributed by atoms with E-state index in [0.717, 1.165) is 31.2 Å². The number of aryl methyl sites for hydroxylation is 1. The number of morpholine rings is 1. The van der Waals surface area contributed by atoms with Crippen molar-refractivity contribution >= 4 is 17.8 Å². The summed E-state index contributed by atoms with van der Waals surface area (Å²) < 4.78 is 11.7. The lowest BCUT2D eigenvalue weighted by Gasteiger charge is -2.40. The first kappa shape index (κ1) is 24.9. The van der Waals surface area contributed by atoms with Gasteiger partial charge in [0.15, 0.2) is 0 Å². The van der Waals surface area contributed by atoms with Crippen LogP contribution in [0.15, 0.2) is 48.8 Å². The molecule has 1 aromatic carbocycles. The third-order valence-corrected chi connectivity index (χ3v) is 6.95. The summed E-state index contributed by atoms with van der Waals surface area (Å²) in [5, 5.41) is 0. The fraction of sp³-hybridized carbons (Fsp3) is 0.444. The second-order valence-corrected chi connectivity index (χ2v) is 9.53. The molecule has 0 unspecified atom stereocenters. The van der Waals surface area contributed by atoms with Gasteiger partial charge in [0, 0.05) is 69.5 Å². The van der Waals surface area contributed by atoms with Crippen molar-refractivity contribution < 1.29 is 14.3 Å². The summed E-state index contributed by atoms with van der Waals surface area (Å²) in [5.74, 6) is 1.49. The Hall–Kier alpha value is -3.79. The summed E-state index contributed by atoms with van der Waals surface area (Å²) in [6.45, 7) is 2.68. The summed E-state index contributed by atoms with van der Waals surface area (Å²) in [6, 6.07) is 12.3. The minimum atomic E-state index is -0.00692. The second-order valence-electron chi connectivity index (χ2n) is 9.53. The van der Waals surface area contributed by atoms with Gasteiger partial charge in [0.1, 0.15) is 6.10 Å². The minimum absolute atomic E-state index is 0.00692. The van der Waals surface area contributed by atoms with E-state index in [9.17, 15) is 4.79 Å². The fourth-order valence-corrected chi connectivity index (χ4v) is 4.59. The summed E-state index contributed by atoms with van der Waals surface area (Å²) in [5.41, 5.74) is 8.33. The highest BCUT2D eigenvalue weighted by Gasteiger charge is 2.36. The average molecular weight is 504 g/mol. The summed E-state index contributed by atoms with van der Waals surface area (Å²) in [4.78, 5) is 34.3. The van der Waals surface area contributed by atoms with Crippen molar-refractivity contribution in [2.45, 2.75) is 44.2 Å². The lowest BCUT2D eigenvalue weighted by molar-refractivity contribution is -0.135. The Balaban J connectivity index is 1.19. The largest absolute Gasteiger partial charge is 0.474 e. The molecule has 3 aromatic rings. The molecule has 5 rings (SSSR count). The molecule has 2 fully saturated rings. The highest BCUT2D eigenvalue weighted by Crippen LogP contribution is 2.31. The molecular weight excluding hydrogens is 470 g/mol. The number of carbonyl (C=O) groups is 1. The maximum absolute atomic E-state index is 12.7. The van der Waals surface area contributed by atoms with Crippen molar-refractivity contribution in [1.82, 2.24) is 24.8 Å². The van der Waals surface area contributed by atoms with Gasteiger partial charge in [0.05, 0.1) is 18.9 Å².